The lowest BCUT2D eigenvalue weighted by Gasteiger charge is -2.03. The van der Waals surface area contributed by atoms with Gasteiger partial charge in [0.05, 0.1) is 22.8 Å². The van der Waals surface area contributed by atoms with Gasteiger partial charge >= 0.3 is 0 Å². The van der Waals surface area contributed by atoms with E-state index in [1.807, 2.05) is 25.1 Å². The van der Waals surface area contributed by atoms with Crippen LogP contribution in [0.5, 0.6) is 0 Å². The zero-order valence-electron chi connectivity index (χ0n) is 9.64. The molecule has 1 N–H and O–H groups in total. The Kier molecular flexibility index (Phi) is 2.45. The monoisotopic (exact) mass is 259 g/mol. The lowest BCUT2D eigenvalue weighted by Crippen LogP contribution is -2.07. The van der Waals surface area contributed by atoms with Crippen molar-refractivity contribution in [1.29, 1.82) is 0 Å². The molecule has 0 unspecified atom stereocenters. The molecule has 0 atom stereocenters. The lowest BCUT2D eigenvalue weighted by atomic mass is 10.2. The number of halogens is 1. The molecule has 3 rings (SSSR count). The molecule has 0 fully saturated rings. The lowest BCUT2D eigenvalue weighted by molar-refractivity contribution is 0.909. The highest BCUT2D eigenvalue weighted by Crippen LogP contribution is 2.18. The summed E-state index contributed by atoms with van der Waals surface area (Å²) in [4.78, 5) is 14.5. The van der Waals surface area contributed by atoms with Crippen molar-refractivity contribution < 1.29 is 0 Å². The summed E-state index contributed by atoms with van der Waals surface area (Å²) in [5.74, 6) is 0. The molecular formula is C13H10ClN3O. The third kappa shape index (κ3) is 1.71. The Balaban J connectivity index is 2.30. The second kappa shape index (κ2) is 3.99. The molecule has 0 saturated heterocycles. The normalized spacial score (nSPS) is 11.0. The smallest absolute Gasteiger partial charge is 0.259 e. The molecule has 1 aromatic carbocycles. The average Bonchev–Trinajstić information content (AvgIpc) is 2.74. The van der Waals surface area contributed by atoms with Crippen molar-refractivity contribution in [3.8, 4) is 5.69 Å². The van der Waals surface area contributed by atoms with Crippen LogP contribution in [0.15, 0.2) is 41.3 Å². The first kappa shape index (κ1) is 11.0. The van der Waals surface area contributed by atoms with E-state index < -0.39 is 0 Å². The van der Waals surface area contributed by atoms with Crippen molar-refractivity contribution in [3.05, 3.63) is 57.6 Å². The predicted molar refractivity (Wildman–Crippen MR) is 71.4 cm³/mol. The highest BCUT2D eigenvalue weighted by molar-refractivity contribution is 6.30. The molecule has 0 saturated carbocycles. The van der Waals surface area contributed by atoms with Gasteiger partial charge in [0.1, 0.15) is 0 Å². The fraction of sp³-hybridized carbons (Fsp3) is 0.0769. The minimum Gasteiger partial charge on any atom is -0.326 e. The van der Waals surface area contributed by atoms with E-state index in [0.717, 1.165) is 16.9 Å². The molecule has 0 amide bonds. The van der Waals surface area contributed by atoms with E-state index in [0.29, 0.717) is 10.4 Å². The maximum atomic E-state index is 11.8. The van der Waals surface area contributed by atoms with Gasteiger partial charge in [-0.2, -0.15) is 5.10 Å². The molecule has 2 heterocycles. The Hall–Kier alpha value is -2.07. The number of pyridine rings is 1. The summed E-state index contributed by atoms with van der Waals surface area (Å²) in [6, 6.07) is 9.23. The molecular weight excluding hydrogens is 250 g/mol. The molecule has 90 valence electrons. The maximum Gasteiger partial charge on any atom is 0.259 e. The molecule has 0 bridgehead atoms. The molecule has 2 aromatic heterocycles. The van der Waals surface area contributed by atoms with Crippen molar-refractivity contribution in [2.24, 2.45) is 0 Å². The number of H-pyrrole nitrogens is 1. The van der Waals surface area contributed by atoms with Crippen LogP contribution in [0.2, 0.25) is 5.02 Å². The Morgan fingerprint density at radius 1 is 1.28 bits per heavy atom. The van der Waals surface area contributed by atoms with E-state index in [4.69, 9.17) is 11.6 Å². The number of aryl methyl sites for hydroxylation is 1. The first-order valence-electron chi connectivity index (χ1n) is 5.49. The van der Waals surface area contributed by atoms with Crippen molar-refractivity contribution in [1.82, 2.24) is 14.8 Å². The van der Waals surface area contributed by atoms with E-state index in [1.54, 1.807) is 23.0 Å². The van der Waals surface area contributed by atoms with Gasteiger partial charge in [0.25, 0.3) is 5.56 Å². The molecule has 0 spiro atoms. The molecule has 3 aromatic rings. The average molecular weight is 260 g/mol. The first-order valence-corrected chi connectivity index (χ1v) is 5.86. The molecule has 4 nitrogen and oxygen atoms in total. The van der Waals surface area contributed by atoms with Crippen LogP contribution in [0.1, 0.15) is 5.69 Å². The molecule has 0 radical (unpaired) electrons. The number of hydrogen-bond donors (Lipinski definition) is 1. The van der Waals surface area contributed by atoms with E-state index in [9.17, 15) is 4.79 Å². The maximum absolute atomic E-state index is 11.8. The van der Waals surface area contributed by atoms with Crippen LogP contribution in [0.4, 0.5) is 0 Å². The molecule has 0 aliphatic rings. The SMILES string of the molecule is Cc1cc2c(cnn2-c2ccc(Cl)cc2)c(=O)[nH]1. The highest BCUT2D eigenvalue weighted by Gasteiger charge is 2.08. The summed E-state index contributed by atoms with van der Waals surface area (Å²) in [5.41, 5.74) is 2.35. The largest absolute Gasteiger partial charge is 0.326 e. The number of aromatic nitrogens is 3. The minimum atomic E-state index is -0.120. The number of aromatic amines is 1. The van der Waals surface area contributed by atoms with Crippen LogP contribution < -0.4 is 5.56 Å². The van der Waals surface area contributed by atoms with Gasteiger partial charge in [0.2, 0.25) is 0 Å². The summed E-state index contributed by atoms with van der Waals surface area (Å²) in [6.07, 6.45) is 1.57. The van der Waals surface area contributed by atoms with Gasteiger partial charge in [-0.15, -0.1) is 0 Å². The second-order valence-corrected chi connectivity index (χ2v) is 4.55. The van der Waals surface area contributed by atoms with Gasteiger partial charge < -0.3 is 4.98 Å². The van der Waals surface area contributed by atoms with Crippen molar-refractivity contribution in [3.63, 3.8) is 0 Å². The van der Waals surface area contributed by atoms with Gasteiger partial charge in [-0.1, -0.05) is 11.6 Å². The topological polar surface area (TPSA) is 50.7 Å². The van der Waals surface area contributed by atoms with Crippen LogP contribution in [0.25, 0.3) is 16.6 Å². The van der Waals surface area contributed by atoms with E-state index >= 15 is 0 Å². The van der Waals surface area contributed by atoms with E-state index in [1.165, 1.54) is 0 Å². The molecule has 0 aliphatic carbocycles. The number of fused-ring (bicyclic) bond motifs is 1. The Morgan fingerprint density at radius 2 is 2.00 bits per heavy atom. The van der Waals surface area contributed by atoms with Crippen molar-refractivity contribution in [2.45, 2.75) is 6.92 Å². The Labute approximate surface area is 108 Å². The summed E-state index contributed by atoms with van der Waals surface area (Å²) < 4.78 is 1.73. The Bertz CT molecular complexity index is 771. The minimum absolute atomic E-state index is 0.120. The van der Waals surface area contributed by atoms with E-state index in [2.05, 4.69) is 10.1 Å². The fourth-order valence-electron chi connectivity index (χ4n) is 1.95. The second-order valence-electron chi connectivity index (χ2n) is 4.11. The Morgan fingerprint density at radius 3 is 2.72 bits per heavy atom. The zero-order valence-corrected chi connectivity index (χ0v) is 10.4. The zero-order chi connectivity index (χ0) is 12.7. The third-order valence-electron chi connectivity index (χ3n) is 2.79. The van der Waals surface area contributed by atoms with Crippen molar-refractivity contribution >= 4 is 22.5 Å². The number of nitrogens with one attached hydrogen (secondary N) is 1. The molecule has 5 heteroatoms. The van der Waals surface area contributed by atoms with Gasteiger partial charge in [-0.3, -0.25) is 4.79 Å². The summed E-state index contributed by atoms with van der Waals surface area (Å²) >= 11 is 5.86. The quantitative estimate of drug-likeness (QED) is 0.730. The third-order valence-corrected chi connectivity index (χ3v) is 3.04. The first-order chi connectivity index (χ1) is 8.65. The van der Waals surface area contributed by atoms with Crippen LogP contribution in [0.3, 0.4) is 0 Å². The van der Waals surface area contributed by atoms with Gasteiger partial charge in [0.15, 0.2) is 0 Å². The van der Waals surface area contributed by atoms with Gasteiger partial charge in [0, 0.05) is 10.7 Å². The number of rotatable bonds is 1. The van der Waals surface area contributed by atoms with Crippen LogP contribution in [-0.2, 0) is 0 Å². The summed E-state index contributed by atoms with van der Waals surface area (Å²) in [5, 5.41) is 5.50. The number of benzene rings is 1. The van der Waals surface area contributed by atoms with Gasteiger partial charge in [-0.25, -0.2) is 4.68 Å². The van der Waals surface area contributed by atoms with Crippen molar-refractivity contribution in [2.75, 3.05) is 0 Å². The van der Waals surface area contributed by atoms with Gasteiger partial charge in [-0.05, 0) is 37.3 Å². The highest BCUT2D eigenvalue weighted by atomic mass is 35.5. The molecule has 0 aliphatic heterocycles. The van der Waals surface area contributed by atoms with Crippen LogP contribution in [-0.4, -0.2) is 14.8 Å². The fourth-order valence-corrected chi connectivity index (χ4v) is 2.07. The standard InChI is InChI=1S/C13H10ClN3O/c1-8-6-12-11(13(18)16-8)7-15-17(12)10-4-2-9(14)3-5-10/h2-7H,1H3,(H,16,18). The van der Waals surface area contributed by atoms with E-state index in [-0.39, 0.29) is 5.56 Å². The van der Waals surface area contributed by atoms with Crippen LogP contribution >= 0.6 is 11.6 Å². The number of hydrogen-bond acceptors (Lipinski definition) is 2. The molecule has 18 heavy (non-hydrogen) atoms. The summed E-state index contributed by atoms with van der Waals surface area (Å²) in [6.45, 7) is 1.85. The number of nitrogens with zero attached hydrogens (tertiary/aromatic N) is 2. The predicted octanol–water partition coefficient (Wildman–Crippen LogP) is 2.68. The summed E-state index contributed by atoms with van der Waals surface area (Å²) in [7, 11) is 0. The van der Waals surface area contributed by atoms with Crippen LogP contribution in [0, 0.1) is 6.92 Å².